The third-order valence-electron chi connectivity index (χ3n) is 1.99. The van der Waals surface area contributed by atoms with Gasteiger partial charge in [-0.05, 0) is 5.41 Å². The van der Waals surface area contributed by atoms with E-state index in [2.05, 4.69) is 15.1 Å². The van der Waals surface area contributed by atoms with Gasteiger partial charge in [-0.2, -0.15) is 4.39 Å². The number of nitrogens with zero attached hydrogens (tertiary/aromatic N) is 3. The molecule has 0 bridgehead atoms. The lowest BCUT2D eigenvalue weighted by molar-refractivity contribution is 0.0357. The minimum atomic E-state index is -0.810. The number of fused-ring (bicyclic) bond motifs is 1. The van der Waals surface area contributed by atoms with Crippen molar-refractivity contribution in [2.75, 3.05) is 6.61 Å². The molecule has 6 nitrogen and oxygen atoms in total. The van der Waals surface area contributed by atoms with Crippen LogP contribution in [0.15, 0.2) is 10.7 Å². The second-order valence-electron chi connectivity index (χ2n) is 5.01. The predicted octanol–water partition coefficient (Wildman–Crippen LogP) is 1.96. The second-order valence-corrected chi connectivity index (χ2v) is 5.01. The van der Waals surface area contributed by atoms with Crippen LogP contribution in [0.5, 0.6) is 0 Å². The van der Waals surface area contributed by atoms with Gasteiger partial charge in [0.25, 0.3) is 5.71 Å². The lowest BCUT2D eigenvalue weighted by atomic mass is 9.99. The largest absolute Gasteiger partial charge is 0.460 e. The van der Waals surface area contributed by atoms with E-state index in [-0.39, 0.29) is 28.9 Å². The molecule has 7 heteroatoms. The van der Waals surface area contributed by atoms with Crippen LogP contribution >= 0.6 is 0 Å². The van der Waals surface area contributed by atoms with Crippen LogP contribution in [-0.4, -0.2) is 27.7 Å². The number of carbonyl (C=O) groups is 1. The van der Waals surface area contributed by atoms with Gasteiger partial charge in [-0.15, -0.1) is 0 Å². The maximum atomic E-state index is 12.9. The Balaban J connectivity index is 2.25. The van der Waals surface area contributed by atoms with Gasteiger partial charge in [0, 0.05) is 0 Å². The summed E-state index contributed by atoms with van der Waals surface area (Å²) in [5.74, 6) is -1.51. The first-order valence-electron chi connectivity index (χ1n) is 5.32. The summed E-state index contributed by atoms with van der Waals surface area (Å²) in [5, 5.41) is 3.50. The number of ether oxygens (including phenoxy) is 1. The van der Waals surface area contributed by atoms with Crippen molar-refractivity contribution in [2.24, 2.45) is 5.41 Å². The minimum Gasteiger partial charge on any atom is -0.460 e. The zero-order valence-corrected chi connectivity index (χ0v) is 10.2. The number of halogens is 1. The molecule has 0 aromatic carbocycles. The van der Waals surface area contributed by atoms with Crippen molar-refractivity contribution in [3.63, 3.8) is 0 Å². The van der Waals surface area contributed by atoms with E-state index in [0.717, 1.165) is 6.20 Å². The molecule has 0 aliphatic heterocycles. The summed E-state index contributed by atoms with van der Waals surface area (Å²) in [4.78, 5) is 18.9. The van der Waals surface area contributed by atoms with Gasteiger partial charge in [-0.25, -0.2) is 14.8 Å². The highest BCUT2D eigenvalue weighted by molar-refractivity contribution is 5.98. The molecule has 2 aromatic rings. The molecule has 0 unspecified atom stereocenters. The van der Waals surface area contributed by atoms with Crippen molar-refractivity contribution in [3.05, 3.63) is 17.8 Å². The van der Waals surface area contributed by atoms with E-state index in [1.165, 1.54) is 0 Å². The summed E-state index contributed by atoms with van der Waals surface area (Å²) >= 11 is 0. The molecule has 2 rings (SSSR count). The van der Waals surface area contributed by atoms with Gasteiger partial charge in [-0.3, -0.25) is 0 Å². The molecule has 0 saturated heterocycles. The summed E-state index contributed by atoms with van der Waals surface area (Å²) < 4.78 is 22.8. The Kier molecular flexibility index (Phi) is 2.98. The van der Waals surface area contributed by atoms with E-state index in [1.807, 2.05) is 20.8 Å². The standard InChI is InChI=1S/C11H12FN3O3/c1-11(2,3)5-17-10(16)8-7-9(18-15-8)13-4-6(12)14-7/h4H,5H2,1-3H3. The van der Waals surface area contributed by atoms with Crippen LogP contribution in [0.3, 0.4) is 0 Å². The Morgan fingerprint density at radius 1 is 1.50 bits per heavy atom. The van der Waals surface area contributed by atoms with Gasteiger partial charge in [0.05, 0.1) is 12.8 Å². The zero-order valence-electron chi connectivity index (χ0n) is 10.2. The van der Waals surface area contributed by atoms with Crippen LogP contribution in [0.2, 0.25) is 0 Å². The molecule has 0 radical (unpaired) electrons. The van der Waals surface area contributed by atoms with Gasteiger partial charge in [-0.1, -0.05) is 25.9 Å². The molecule has 2 aromatic heterocycles. The van der Waals surface area contributed by atoms with Crippen LogP contribution in [0, 0.1) is 11.4 Å². The van der Waals surface area contributed by atoms with E-state index in [0.29, 0.717) is 0 Å². The predicted molar refractivity (Wildman–Crippen MR) is 59.3 cm³/mol. The van der Waals surface area contributed by atoms with Crippen molar-refractivity contribution in [3.8, 4) is 0 Å². The van der Waals surface area contributed by atoms with Crippen LogP contribution < -0.4 is 0 Å². The molecule has 2 heterocycles. The van der Waals surface area contributed by atoms with Crippen molar-refractivity contribution in [2.45, 2.75) is 20.8 Å². The first-order chi connectivity index (χ1) is 8.37. The highest BCUT2D eigenvalue weighted by Crippen LogP contribution is 2.17. The fourth-order valence-electron chi connectivity index (χ4n) is 1.19. The number of rotatable bonds is 2. The summed E-state index contributed by atoms with van der Waals surface area (Å²) in [6, 6.07) is 0. The second kappa shape index (κ2) is 4.32. The van der Waals surface area contributed by atoms with Crippen LogP contribution in [0.1, 0.15) is 31.3 Å². The van der Waals surface area contributed by atoms with Gasteiger partial charge in [0.1, 0.15) is 0 Å². The summed E-state index contributed by atoms with van der Waals surface area (Å²) in [7, 11) is 0. The Bertz CT molecular complexity index is 589. The van der Waals surface area contributed by atoms with E-state index in [4.69, 9.17) is 9.26 Å². The maximum absolute atomic E-state index is 12.9. The SMILES string of the molecule is CC(C)(C)COC(=O)c1noc2ncc(F)nc12. The topological polar surface area (TPSA) is 78.1 Å². The molecule has 0 fully saturated rings. The molecular formula is C11H12FN3O3. The molecule has 0 aliphatic rings. The monoisotopic (exact) mass is 253 g/mol. The summed E-state index contributed by atoms with van der Waals surface area (Å²) in [5.41, 5.74) is -0.374. The average Bonchev–Trinajstić information content (AvgIpc) is 2.67. The van der Waals surface area contributed by atoms with Crippen molar-refractivity contribution >= 4 is 17.2 Å². The fourth-order valence-corrected chi connectivity index (χ4v) is 1.19. The molecule has 0 atom stereocenters. The van der Waals surface area contributed by atoms with Crippen molar-refractivity contribution in [1.29, 1.82) is 0 Å². The normalized spacial score (nSPS) is 11.8. The van der Waals surface area contributed by atoms with Gasteiger partial charge < -0.3 is 9.26 Å². The average molecular weight is 253 g/mol. The van der Waals surface area contributed by atoms with E-state index >= 15 is 0 Å². The van der Waals surface area contributed by atoms with Crippen molar-refractivity contribution in [1.82, 2.24) is 15.1 Å². The van der Waals surface area contributed by atoms with Gasteiger partial charge in [0.15, 0.2) is 5.52 Å². The zero-order chi connectivity index (χ0) is 13.3. The first kappa shape index (κ1) is 12.4. The smallest absolute Gasteiger partial charge is 0.362 e. The van der Waals surface area contributed by atoms with Gasteiger partial charge in [0.2, 0.25) is 11.6 Å². The fraction of sp³-hybridized carbons (Fsp3) is 0.455. The third-order valence-corrected chi connectivity index (χ3v) is 1.99. The molecule has 0 spiro atoms. The number of hydrogen-bond acceptors (Lipinski definition) is 6. The first-order valence-corrected chi connectivity index (χ1v) is 5.32. The molecular weight excluding hydrogens is 241 g/mol. The Hall–Kier alpha value is -2.05. The van der Waals surface area contributed by atoms with E-state index in [9.17, 15) is 9.18 Å². The summed E-state index contributed by atoms with van der Waals surface area (Å²) in [6.45, 7) is 5.96. The number of esters is 1. The van der Waals surface area contributed by atoms with E-state index in [1.54, 1.807) is 0 Å². The number of hydrogen-bond donors (Lipinski definition) is 0. The lowest BCUT2D eigenvalue weighted by Crippen LogP contribution is -2.18. The number of carbonyl (C=O) groups excluding carboxylic acids is 1. The van der Waals surface area contributed by atoms with Crippen molar-refractivity contribution < 1.29 is 18.4 Å². The van der Waals surface area contributed by atoms with Crippen LogP contribution in [-0.2, 0) is 4.74 Å². The molecule has 18 heavy (non-hydrogen) atoms. The molecule has 0 amide bonds. The maximum Gasteiger partial charge on any atom is 0.362 e. The quantitative estimate of drug-likeness (QED) is 0.761. The van der Waals surface area contributed by atoms with E-state index < -0.39 is 11.9 Å². The minimum absolute atomic E-state index is 0.000825. The highest BCUT2D eigenvalue weighted by Gasteiger charge is 2.22. The molecule has 0 N–H and O–H groups in total. The molecule has 0 saturated carbocycles. The number of aromatic nitrogens is 3. The van der Waals surface area contributed by atoms with Crippen LogP contribution in [0.25, 0.3) is 11.2 Å². The Labute approximate surface area is 102 Å². The molecule has 96 valence electrons. The highest BCUT2D eigenvalue weighted by atomic mass is 19.1. The summed E-state index contributed by atoms with van der Waals surface area (Å²) in [6.07, 6.45) is 0.887. The Morgan fingerprint density at radius 2 is 2.22 bits per heavy atom. The van der Waals surface area contributed by atoms with Crippen LogP contribution in [0.4, 0.5) is 4.39 Å². The third kappa shape index (κ3) is 2.61. The molecule has 0 aliphatic carbocycles. The van der Waals surface area contributed by atoms with Gasteiger partial charge >= 0.3 is 5.97 Å². The lowest BCUT2D eigenvalue weighted by Gasteiger charge is -2.16. The Morgan fingerprint density at radius 3 is 2.89 bits per heavy atom.